The topological polar surface area (TPSA) is 147 Å². The molecule has 5 rings (SSSR count). The number of benzene rings is 1. The fourth-order valence-corrected chi connectivity index (χ4v) is 4.61. The molecule has 1 aromatic heterocycles. The van der Waals surface area contributed by atoms with E-state index in [1.807, 2.05) is 11.0 Å². The van der Waals surface area contributed by atoms with Crippen LogP contribution in [0.25, 0.3) is 0 Å². The number of β-amino-alcohol motifs (C(OH)–C–C–N with tert-alkyl or cyclic N) is 1. The molecule has 0 spiro atoms. The highest BCUT2D eigenvalue weighted by atomic mass is 16.5. The van der Waals surface area contributed by atoms with Gasteiger partial charge in [0.05, 0.1) is 38.1 Å². The molecular weight excluding hydrogens is 478 g/mol. The van der Waals surface area contributed by atoms with Crippen molar-refractivity contribution < 1.29 is 24.1 Å². The Kier molecular flexibility index (Phi) is 7.22. The van der Waals surface area contributed by atoms with Crippen molar-refractivity contribution >= 4 is 29.2 Å². The van der Waals surface area contributed by atoms with Crippen molar-refractivity contribution in [2.75, 3.05) is 65.4 Å². The predicted octanol–water partition coefficient (Wildman–Crippen LogP) is 0.546. The molecule has 1 saturated heterocycles. The maximum atomic E-state index is 13.1. The van der Waals surface area contributed by atoms with Gasteiger partial charge in [-0.15, -0.1) is 0 Å². The molecular formula is C25H31N7O5. The number of morpholine rings is 1. The number of hydrogen-bond donors (Lipinski definition) is 3. The zero-order valence-electron chi connectivity index (χ0n) is 20.9. The van der Waals surface area contributed by atoms with E-state index in [0.717, 1.165) is 18.7 Å². The zero-order chi connectivity index (χ0) is 25.9. The van der Waals surface area contributed by atoms with Crippen LogP contribution < -0.4 is 20.5 Å². The highest BCUT2D eigenvalue weighted by Crippen LogP contribution is 2.43. The lowest BCUT2D eigenvalue weighted by atomic mass is 10.1. The first-order chi connectivity index (χ1) is 17.9. The van der Waals surface area contributed by atoms with Crippen molar-refractivity contribution in [2.24, 2.45) is 9.98 Å². The van der Waals surface area contributed by atoms with Gasteiger partial charge in [-0.2, -0.15) is 0 Å². The van der Waals surface area contributed by atoms with Gasteiger partial charge in [0.1, 0.15) is 30.1 Å². The predicted molar refractivity (Wildman–Crippen MR) is 138 cm³/mol. The number of nitrogens with zero attached hydrogens (tertiary/aromatic N) is 5. The Labute approximate surface area is 214 Å². The van der Waals surface area contributed by atoms with E-state index in [1.54, 1.807) is 25.1 Å². The van der Waals surface area contributed by atoms with E-state index < -0.39 is 6.10 Å². The first-order valence-electron chi connectivity index (χ1n) is 12.2. The SMILES string of the molecule is COc1c(OC[C@@H](O)CN2CCOCC2)ccc2c1N=C(NC(=O)c1ccc(N)nc1C)N1CCN=C21. The largest absolute Gasteiger partial charge is 0.491 e. The normalized spacial score (nSPS) is 17.9. The minimum atomic E-state index is -0.677. The number of aliphatic hydroxyl groups is 1. The highest BCUT2D eigenvalue weighted by Gasteiger charge is 2.33. The van der Waals surface area contributed by atoms with Gasteiger partial charge in [0.2, 0.25) is 5.96 Å². The lowest BCUT2D eigenvalue weighted by Crippen LogP contribution is -2.47. The number of carbonyl (C=O) groups is 1. The van der Waals surface area contributed by atoms with Gasteiger partial charge in [0.25, 0.3) is 5.91 Å². The Hall–Kier alpha value is -3.74. The molecule has 12 nitrogen and oxygen atoms in total. The van der Waals surface area contributed by atoms with Gasteiger partial charge in [-0.25, -0.2) is 9.98 Å². The van der Waals surface area contributed by atoms with Crippen LogP contribution in [-0.2, 0) is 4.74 Å². The number of fused-ring (bicyclic) bond motifs is 3. The number of nitrogens with one attached hydrogen (secondary N) is 1. The van der Waals surface area contributed by atoms with Gasteiger partial charge in [0, 0.05) is 31.7 Å². The molecule has 12 heteroatoms. The number of pyridine rings is 1. The number of aliphatic hydroxyl groups excluding tert-OH is 1. The molecule has 0 unspecified atom stereocenters. The van der Waals surface area contributed by atoms with Crippen LogP contribution in [0, 0.1) is 6.92 Å². The average Bonchev–Trinajstić information content (AvgIpc) is 3.38. The van der Waals surface area contributed by atoms with Crippen LogP contribution in [0.5, 0.6) is 11.5 Å². The Morgan fingerprint density at radius 2 is 2.05 bits per heavy atom. The summed E-state index contributed by atoms with van der Waals surface area (Å²) in [6.45, 7) is 6.37. The minimum absolute atomic E-state index is 0.0935. The summed E-state index contributed by atoms with van der Waals surface area (Å²) in [6, 6.07) is 6.89. The van der Waals surface area contributed by atoms with E-state index in [2.05, 4.69) is 20.2 Å². The van der Waals surface area contributed by atoms with E-state index in [1.165, 1.54) is 7.11 Å². The number of amides is 1. The Morgan fingerprint density at radius 1 is 1.24 bits per heavy atom. The molecule has 1 fully saturated rings. The summed E-state index contributed by atoms with van der Waals surface area (Å²) >= 11 is 0. The maximum Gasteiger partial charge on any atom is 0.259 e. The summed E-state index contributed by atoms with van der Waals surface area (Å²) < 4.78 is 17.0. The lowest BCUT2D eigenvalue weighted by molar-refractivity contribution is 0.00446. The molecule has 1 aromatic carbocycles. The number of hydrogen-bond acceptors (Lipinski definition) is 11. The number of amidine groups is 1. The molecule has 37 heavy (non-hydrogen) atoms. The molecule has 0 radical (unpaired) electrons. The maximum absolute atomic E-state index is 13.1. The third kappa shape index (κ3) is 5.22. The quantitative estimate of drug-likeness (QED) is 0.487. The molecule has 0 bridgehead atoms. The molecule has 4 heterocycles. The third-order valence-corrected chi connectivity index (χ3v) is 6.44. The Morgan fingerprint density at radius 3 is 2.81 bits per heavy atom. The van der Waals surface area contributed by atoms with Gasteiger partial charge in [0.15, 0.2) is 11.5 Å². The number of methoxy groups -OCH3 is 1. The van der Waals surface area contributed by atoms with Crippen LogP contribution in [-0.4, -0.2) is 103 Å². The second-order valence-electron chi connectivity index (χ2n) is 8.99. The standard InChI is InChI=1S/C25H31N7O5/c1-15-17(4-6-20(26)28-15)24(34)30-25-29-21-18(23-27-7-8-32(23)25)3-5-19(22(21)35-2)37-14-16(33)13-31-9-11-36-12-10-31/h3-6,16,33H,7-14H2,1-2H3,(H2,26,28)(H,29,30,34)/t16-/m0/s1. The molecule has 4 N–H and O–H groups in total. The number of ether oxygens (including phenoxy) is 3. The van der Waals surface area contributed by atoms with Crippen LogP contribution in [0.2, 0.25) is 0 Å². The van der Waals surface area contributed by atoms with Crippen molar-refractivity contribution in [3.63, 3.8) is 0 Å². The molecule has 1 amide bonds. The van der Waals surface area contributed by atoms with Gasteiger partial charge in [-0.05, 0) is 31.2 Å². The molecule has 0 aliphatic carbocycles. The number of carbonyl (C=O) groups excluding carboxylic acids is 1. The van der Waals surface area contributed by atoms with Crippen LogP contribution in [0.1, 0.15) is 21.6 Å². The molecule has 196 valence electrons. The summed E-state index contributed by atoms with van der Waals surface area (Å²) in [5.41, 5.74) is 7.93. The molecule has 2 aromatic rings. The number of aliphatic imine (C=N–C) groups is 2. The number of nitrogens with two attached hydrogens (primary N) is 1. The van der Waals surface area contributed by atoms with Crippen LogP contribution in [0.3, 0.4) is 0 Å². The number of rotatable bonds is 7. The van der Waals surface area contributed by atoms with E-state index in [4.69, 9.17) is 24.9 Å². The molecule has 3 aliphatic rings. The van der Waals surface area contributed by atoms with Crippen molar-refractivity contribution in [2.45, 2.75) is 13.0 Å². The summed E-state index contributed by atoms with van der Waals surface area (Å²) in [5, 5.41) is 13.4. The van der Waals surface area contributed by atoms with Gasteiger partial charge in [-0.1, -0.05) is 0 Å². The number of nitrogen functional groups attached to an aromatic ring is 1. The highest BCUT2D eigenvalue weighted by molar-refractivity contribution is 6.20. The monoisotopic (exact) mass is 509 g/mol. The minimum Gasteiger partial charge on any atom is -0.491 e. The third-order valence-electron chi connectivity index (χ3n) is 6.44. The Balaban J connectivity index is 1.38. The van der Waals surface area contributed by atoms with E-state index >= 15 is 0 Å². The molecule has 3 aliphatic heterocycles. The van der Waals surface area contributed by atoms with E-state index in [0.29, 0.717) is 78.9 Å². The fraction of sp³-hybridized carbons (Fsp3) is 0.440. The molecule has 0 saturated carbocycles. The lowest BCUT2D eigenvalue weighted by Gasteiger charge is -2.29. The zero-order valence-corrected chi connectivity index (χ0v) is 20.9. The van der Waals surface area contributed by atoms with Crippen molar-refractivity contribution in [3.8, 4) is 11.5 Å². The van der Waals surface area contributed by atoms with E-state index in [9.17, 15) is 9.90 Å². The number of anilines is 1. The van der Waals surface area contributed by atoms with Crippen molar-refractivity contribution in [1.82, 2.24) is 20.1 Å². The second kappa shape index (κ2) is 10.7. The van der Waals surface area contributed by atoms with Crippen LogP contribution >= 0.6 is 0 Å². The van der Waals surface area contributed by atoms with Crippen LogP contribution in [0.4, 0.5) is 11.5 Å². The smallest absolute Gasteiger partial charge is 0.259 e. The summed E-state index contributed by atoms with van der Waals surface area (Å²) in [6.07, 6.45) is -0.677. The van der Waals surface area contributed by atoms with Crippen molar-refractivity contribution in [1.29, 1.82) is 0 Å². The van der Waals surface area contributed by atoms with Crippen LogP contribution in [0.15, 0.2) is 34.3 Å². The average molecular weight is 510 g/mol. The molecule has 1 atom stereocenters. The van der Waals surface area contributed by atoms with E-state index in [-0.39, 0.29) is 12.5 Å². The summed E-state index contributed by atoms with van der Waals surface area (Å²) in [5.74, 6) is 1.89. The summed E-state index contributed by atoms with van der Waals surface area (Å²) in [4.78, 5) is 30.6. The fourth-order valence-electron chi connectivity index (χ4n) is 4.61. The number of aromatic nitrogens is 1. The second-order valence-corrected chi connectivity index (χ2v) is 8.99. The van der Waals surface area contributed by atoms with Gasteiger partial charge in [-0.3, -0.25) is 24.9 Å². The van der Waals surface area contributed by atoms with Crippen molar-refractivity contribution in [3.05, 3.63) is 41.1 Å². The van der Waals surface area contributed by atoms with Gasteiger partial charge < -0.3 is 25.1 Å². The first kappa shape index (κ1) is 24.9. The number of aryl methyl sites for hydroxylation is 1. The summed E-state index contributed by atoms with van der Waals surface area (Å²) in [7, 11) is 1.53. The van der Waals surface area contributed by atoms with Gasteiger partial charge >= 0.3 is 0 Å². The number of guanidine groups is 1. The first-order valence-corrected chi connectivity index (χ1v) is 12.2. The Bertz CT molecular complexity index is 1240.